The van der Waals surface area contributed by atoms with Gasteiger partial charge in [0.25, 0.3) is 0 Å². The molecule has 0 amide bonds. The van der Waals surface area contributed by atoms with E-state index < -0.39 is 28.1 Å². The molecule has 4 rings (SSSR count). The van der Waals surface area contributed by atoms with E-state index >= 15 is 0 Å². The fourth-order valence-corrected chi connectivity index (χ4v) is 5.61. The van der Waals surface area contributed by atoms with Gasteiger partial charge in [-0.1, -0.05) is 71.8 Å². The van der Waals surface area contributed by atoms with Crippen LogP contribution in [0.5, 0.6) is 0 Å². The molecule has 1 aliphatic heterocycles. The maximum absolute atomic E-state index is 13.6. The number of sulfonamides is 1. The molecular formula is C25H22ClNO4S. The van der Waals surface area contributed by atoms with E-state index in [9.17, 15) is 13.2 Å². The van der Waals surface area contributed by atoms with Crippen LogP contribution in [0.1, 0.15) is 22.7 Å². The Hall–Kier alpha value is -2.93. The molecule has 0 bridgehead atoms. The highest BCUT2D eigenvalue weighted by Crippen LogP contribution is 2.51. The average molecular weight is 468 g/mol. The predicted octanol–water partition coefficient (Wildman–Crippen LogP) is 5.02. The molecule has 3 aromatic rings. The van der Waals surface area contributed by atoms with Gasteiger partial charge in [-0.05, 0) is 48.4 Å². The van der Waals surface area contributed by atoms with Crippen LogP contribution in [0.4, 0.5) is 0 Å². The van der Waals surface area contributed by atoms with Gasteiger partial charge < -0.3 is 4.74 Å². The summed E-state index contributed by atoms with van der Waals surface area (Å²) in [5, 5.41) is 0.548. The standard InChI is InChI=1S/C25H22ClNO4S/c1-17-8-14-21(15-9-17)32(29,30)27-23(19-10-12-20(26)13-11-19)24(27)22(25(28)31-2)16-18-6-4-3-5-7-18/h3-16,23-24H,1-2H3/b22-16+/t23-,24+,27?/m1/s1. The largest absolute Gasteiger partial charge is 0.466 e. The van der Waals surface area contributed by atoms with E-state index in [1.165, 1.54) is 11.4 Å². The summed E-state index contributed by atoms with van der Waals surface area (Å²) in [5.41, 5.74) is 2.76. The number of benzene rings is 3. The van der Waals surface area contributed by atoms with Crippen LogP contribution < -0.4 is 0 Å². The second-order valence-corrected chi connectivity index (χ2v) is 9.87. The molecule has 1 fully saturated rings. The Balaban J connectivity index is 1.82. The molecule has 0 spiro atoms. The molecule has 3 aromatic carbocycles. The number of methoxy groups -OCH3 is 1. The zero-order valence-electron chi connectivity index (χ0n) is 17.6. The Morgan fingerprint density at radius 2 is 1.59 bits per heavy atom. The van der Waals surface area contributed by atoms with Crippen molar-refractivity contribution in [1.82, 2.24) is 4.31 Å². The first-order valence-corrected chi connectivity index (χ1v) is 11.9. The van der Waals surface area contributed by atoms with Gasteiger partial charge in [-0.3, -0.25) is 0 Å². The fraction of sp³-hybridized carbons (Fsp3) is 0.160. The summed E-state index contributed by atoms with van der Waals surface area (Å²) in [4.78, 5) is 12.9. The monoisotopic (exact) mass is 467 g/mol. The third kappa shape index (κ3) is 4.35. The Kier molecular flexibility index (Phi) is 6.20. The summed E-state index contributed by atoms with van der Waals surface area (Å²) in [6, 6.07) is 21.7. The summed E-state index contributed by atoms with van der Waals surface area (Å²) in [7, 11) is -2.58. The van der Waals surface area contributed by atoms with Crippen molar-refractivity contribution in [3.63, 3.8) is 0 Å². The smallest absolute Gasteiger partial charge is 0.335 e. The van der Waals surface area contributed by atoms with Crippen molar-refractivity contribution < 1.29 is 17.9 Å². The first kappa shape index (κ1) is 22.3. The molecule has 3 atom stereocenters. The number of carbonyl (C=O) groups excluding carboxylic acids is 1. The van der Waals surface area contributed by atoms with Crippen molar-refractivity contribution in [2.45, 2.75) is 23.9 Å². The van der Waals surface area contributed by atoms with Crippen LogP contribution >= 0.6 is 11.6 Å². The number of rotatable bonds is 6. The zero-order valence-corrected chi connectivity index (χ0v) is 19.2. The number of halogens is 1. The number of nitrogens with zero attached hydrogens (tertiary/aromatic N) is 1. The maximum Gasteiger partial charge on any atom is 0.335 e. The van der Waals surface area contributed by atoms with Gasteiger partial charge in [-0.15, -0.1) is 0 Å². The van der Waals surface area contributed by atoms with Crippen LogP contribution in [0.25, 0.3) is 6.08 Å². The van der Waals surface area contributed by atoms with E-state index in [2.05, 4.69) is 0 Å². The van der Waals surface area contributed by atoms with Crippen LogP contribution in [-0.2, 0) is 19.6 Å². The lowest BCUT2D eigenvalue weighted by Gasteiger charge is -2.09. The van der Waals surface area contributed by atoms with Crippen molar-refractivity contribution in [2.24, 2.45) is 0 Å². The van der Waals surface area contributed by atoms with Gasteiger partial charge in [0.2, 0.25) is 10.0 Å². The normalized spacial score (nSPS) is 20.6. The molecule has 0 N–H and O–H groups in total. The minimum Gasteiger partial charge on any atom is -0.466 e. The number of carbonyl (C=O) groups is 1. The molecule has 0 aromatic heterocycles. The number of hydrogen-bond donors (Lipinski definition) is 0. The molecule has 7 heteroatoms. The van der Waals surface area contributed by atoms with E-state index in [4.69, 9.17) is 16.3 Å². The van der Waals surface area contributed by atoms with E-state index in [0.29, 0.717) is 5.02 Å². The second kappa shape index (κ2) is 8.90. The van der Waals surface area contributed by atoms with Crippen LogP contribution in [0.3, 0.4) is 0 Å². The quantitative estimate of drug-likeness (QED) is 0.290. The van der Waals surface area contributed by atoms with E-state index in [-0.39, 0.29) is 10.5 Å². The molecule has 1 heterocycles. The van der Waals surface area contributed by atoms with Crippen molar-refractivity contribution in [2.75, 3.05) is 7.11 Å². The Labute approximate surface area is 193 Å². The van der Waals surface area contributed by atoms with Gasteiger partial charge >= 0.3 is 5.97 Å². The van der Waals surface area contributed by atoms with Crippen LogP contribution in [-0.4, -0.2) is 31.8 Å². The first-order valence-electron chi connectivity index (χ1n) is 10.0. The number of esters is 1. The lowest BCUT2D eigenvalue weighted by Crippen LogP contribution is -2.19. The highest BCUT2D eigenvalue weighted by molar-refractivity contribution is 7.89. The molecule has 1 saturated heterocycles. The maximum atomic E-state index is 13.6. The van der Waals surface area contributed by atoms with Gasteiger partial charge in [0.1, 0.15) is 0 Å². The second-order valence-electron chi connectivity index (χ2n) is 7.59. The van der Waals surface area contributed by atoms with Gasteiger partial charge in [0, 0.05) is 5.02 Å². The van der Waals surface area contributed by atoms with E-state index in [1.54, 1.807) is 54.6 Å². The summed E-state index contributed by atoms with van der Waals surface area (Å²) in [5.74, 6) is -0.570. The summed E-state index contributed by atoms with van der Waals surface area (Å²) in [6.07, 6.45) is 1.68. The van der Waals surface area contributed by atoms with Crippen molar-refractivity contribution in [1.29, 1.82) is 0 Å². The Morgan fingerprint density at radius 3 is 2.19 bits per heavy atom. The fourth-order valence-electron chi connectivity index (χ4n) is 3.75. The summed E-state index contributed by atoms with van der Waals surface area (Å²) >= 11 is 6.04. The molecular weight excluding hydrogens is 446 g/mol. The van der Waals surface area contributed by atoms with E-state index in [0.717, 1.165) is 16.7 Å². The number of aryl methyl sites for hydroxylation is 1. The number of hydrogen-bond acceptors (Lipinski definition) is 4. The van der Waals surface area contributed by atoms with Gasteiger partial charge in [-0.25, -0.2) is 13.2 Å². The van der Waals surface area contributed by atoms with Gasteiger partial charge in [-0.2, -0.15) is 4.31 Å². The number of ether oxygens (including phenoxy) is 1. The van der Waals surface area contributed by atoms with Gasteiger partial charge in [0.05, 0.1) is 29.7 Å². The van der Waals surface area contributed by atoms with E-state index in [1.807, 2.05) is 37.3 Å². The summed E-state index contributed by atoms with van der Waals surface area (Å²) < 4.78 is 33.5. The predicted molar refractivity (Wildman–Crippen MR) is 125 cm³/mol. The molecule has 5 nitrogen and oxygen atoms in total. The molecule has 0 radical (unpaired) electrons. The van der Waals surface area contributed by atoms with Crippen molar-refractivity contribution in [3.05, 3.63) is 106 Å². The molecule has 0 saturated carbocycles. The molecule has 32 heavy (non-hydrogen) atoms. The third-order valence-corrected chi connectivity index (χ3v) is 7.56. The SMILES string of the molecule is COC(=O)/C(=C/c1ccccc1)[C@H]1[C@@H](c2ccc(Cl)cc2)N1S(=O)(=O)c1ccc(C)cc1. The molecule has 1 aliphatic rings. The van der Waals surface area contributed by atoms with Crippen LogP contribution in [0.2, 0.25) is 5.02 Å². The molecule has 1 unspecified atom stereocenters. The topological polar surface area (TPSA) is 63.5 Å². The molecule has 0 aliphatic carbocycles. The Bertz CT molecular complexity index is 1250. The lowest BCUT2D eigenvalue weighted by atomic mass is 10.0. The zero-order chi connectivity index (χ0) is 22.9. The lowest BCUT2D eigenvalue weighted by molar-refractivity contribution is -0.136. The third-order valence-electron chi connectivity index (χ3n) is 5.43. The van der Waals surface area contributed by atoms with Gasteiger partial charge in [0.15, 0.2) is 0 Å². The van der Waals surface area contributed by atoms with Crippen molar-refractivity contribution in [3.8, 4) is 0 Å². The first-order chi connectivity index (χ1) is 15.3. The highest BCUT2D eigenvalue weighted by Gasteiger charge is 2.59. The van der Waals surface area contributed by atoms with Crippen molar-refractivity contribution >= 4 is 33.7 Å². The summed E-state index contributed by atoms with van der Waals surface area (Å²) in [6.45, 7) is 1.89. The molecule has 164 valence electrons. The minimum atomic E-state index is -3.87. The van der Waals surface area contributed by atoms with Crippen LogP contribution in [0.15, 0.2) is 89.3 Å². The average Bonchev–Trinajstić information content (AvgIpc) is 3.55. The Morgan fingerprint density at radius 1 is 0.969 bits per heavy atom. The highest BCUT2D eigenvalue weighted by atomic mass is 35.5. The van der Waals surface area contributed by atoms with Crippen LogP contribution in [0, 0.1) is 6.92 Å². The minimum absolute atomic E-state index is 0.175.